The van der Waals surface area contributed by atoms with Gasteiger partial charge in [-0.25, -0.2) is 0 Å². The van der Waals surface area contributed by atoms with Crippen molar-refractivity contribution in [3.05, 3.63) is 43.9 Å². The normalized spacial score (nSPS) is 12.3. The zero-order chi connectivity index (χ0) is 13.6. The van der Waals surface area contributed by atoms with E-state index in [4.69, 9.17) is 5.11 Å². The van der Waals surface area contributed by atoms with Crippen LogP contribution in [0.15, 0.2) is 23.0 Å². The highest BCUT2D eigenvalue weighted by atomic mass is 32.1. The van der Waals surface area contributed by atoms with E-state index < -0.39 is 5.97 Å². The molecule has 1 N–H and O–H groups in total. The molecule has 0 aliphatic heterocycles. The van der Waals surface area contributed by atoms with E-state index in [1.165, 1.54) is 16.9 Å². The number of carboxylic acids is 1. The third-order valence-electron chi connectivity index (χ3n) is 3.39. The van der Waals surface area contributed by atoms with Gasteiger partial charge in [0, 0.05) is 23.4 Å². The Labute approximate surface area is 113 Å². The van der Waals surface area contributed by atoms with Crippen LogP contribution in [-0.2, 0) is 17.8 Å². The number of thiazole rings is 1. The molecule has 3 rings (SSSR count). The molecule has 1 heterocycles. The van der Waals surface area contributed by atoms with Crippen molar-refractivity contribution in [3.8, 4) is 11.3 Å². The smallest absolute Gasteiger partial charge is 0.307 e. The first-order valence-electron chi connectivity index (χ1n) is 6.10. The van der Waals surface area contributed by atoms with Crippen molar-refractivity contribution in [2.75, 3.05) is 0 Å². The van der Waals surface area contributed by atoms with Gasteiger partial charge < -0.3 is 5.11 Å². The number of hydrogen-bond donors (Lipinski definition) is 1. The Bertz CT molecular complexity index is 727. The van der Waals surface area contributed by atoms with Gasteiger partial charge in [0.25, 0.3) is 0 Å². The van der Waals surface area contributed by atoms with Gasteiger partial charge in [0.2, 0.25) is 0 Å². The molecule has 1 aliphatic rings. The minimum Gasteiger partial charge on any atom is -0.481 e. The van der Waals surface area contributed by atoms with Crippen molar-refractivity contribution in [3.63, 3.8) is 0 Å². The Morgan fingerprint density at radius 3 is 3.00 bits per heavy atom. The number of hydrogen-bond acceptors (Lipinski definition) is 3. The standard InChI is InChI=1S/C14H13NO3S/c1-8-2-3-9-7-11-13(10(9)6-8)15(14(18)19-11)5-4-12(16)17/h2-3,6H,4-5,7H2,1H3,(H,16,17). The van der Waals surface area contributed by atoms with Gasteiger partial charge in [-0.3, -0.25) is 14.2 Å². The molecule has 1 aromatic carbocycles. The molecule has 0 bridgehead atoms. The lowest BCUT2D eigenvalue weighted by Crippen LogP contribution is -2.16. The SMILES string of the molecule is Cc1ccc2c(c1)-c1c(sc(=O)n1CCC(=O)O)C2. The van der Waals surface area contributed by atoms with Crippen LogP contribution in [0.1, 0.15) is 22.4 Å². The van der Waals surface area contributed by atoms with Gasteiger partial charge in [-0.15, -0.1) is 0 Å². The van der Waals surface area contributed by atoms with Gasteiger partial charge >= 0.3 is 10.8 Å². The van der Waals surface area contributed by atoms with E-state index in [0.717, 1.165) is 28.1 Å². The summed E-state index contributed by atoms with van der Waals surface area (Å²) in [5, 5.41) is 8.78. The number of fused-ring (bicyclic) bond motifs is 3. The predicted octanol–water partition coefficient (Wildman–Crippen LogP) is 2.26. The average molecular weight is 275 g/mol. The molecule has 0 atom stereocenters. The minimum atomic E-state index is -0.880. The van der Waals surface area contributed by atoms with E-state index in [0.29, 0.717) is 0 Å². The van der Waals surface area contributed by atoms with E-state index in [9.17, 15) is 9.59 Å². The molecule has 0 unspecified atom stereocenters. The zero-order valence-electron chi connectivity index (χ0n) is 10.5. The Hall–Kier alpha value is -1.88. The van der Waals surface area contributed by atoms with Crippen LogP contribution in [-0.4, -0.2) is 15.6 Å². The van der Waals surface area contributed by atoms with Gasteiger partial charge in [0.1, 0.15) is 0 Å². The van der Waals surface area contributed by atoms with Gasteiger partial charge in [-0.2, -0.15) is 0 Å². The highest BCUT2D eigenvalue weighted by Crippen LogP contribution is 2.38. The maximum atomic E-state index is 11.9. The van der Waals surface area contributed by atoms with E-state index in [1.807, 2.05) is 6.92 Å². The van der Waals surface area contributed by atoms with E-state index in [-0.39, 0.29) is 17.8 Å². The minimum absolute atomic E-state index is 0.0236. The number of nitrogens with zero attached hydrogens (tertiary/aromatic N) is 1. The van der Waals surface area contributed by atoms with Gasteiger partial charge in [0.05, 0.1) is 12.1 Å². The van der Waals surface area contributed by atoms with Crippen LogP contribution in [0.2, 0.25) is 0 Å². The quantitative estimate of drug-likeness (QED) is 0.797. The lowest BCUT2D eigenvalue weighted by atomic mass is 10.1. The highest BCUT2D eigenvalue weighted by molar-refractivity contribution is 7.09. The van der Waals surface area contributed by atoms with E-state index in [2.05, 4.69) is 18.2 Å². The molecule has 5 heteroatoms. The van der Waals surface area contributed by atoms with Crippen molar-refractivity contribution >= 4 is 17.3 Å². The predicted molar refractivity (Wildman–Crippen MR) is 73.8 cm³/mol. The van der Waals surface area contributed by atoms with Crippen LogP contribution >= 0.6 is 11.3 Å². The number of aromatic nitrogens is 1. The summed E-state index contributed by atoms with van der Waals surface area (Å²) in [6.07, 6.45) is 0.759. The first kappa shape index (κ1) is 12.2. The maximum absolute atomic E-state index is 11.9. The van der Waals surface area contributed by atoms with Crippen LogP contribution in [0, 0.1) is 6.92 Å². The van der Waals surface area contributed by atoms with Crippen molar-refractivity contribution in [1.82, 2.24) is 4.57 Å². The second-order valence-electron chi connectivity index (χ2n) is 4.77. The Balaban J connectivity index is 2.11. The van der Waals surface area contributed by atoms with Gasteiger partial charge in [0.15, 0.2) is 0 Å². The molecular weight excluding hydrogens is 262 g/mol. The Morgan fingerprint density at radius 2 is 2.26 bits per heavy atom. The summed E-state index contributed by atoms with van der Waals surface area (Å²) in [5.74, 6) is -0.880. The topological polar surface area (TPSA) is 59.3 Å². The second-order valence-corrected chi connectivity index (χ2v) is 5.82. The van der Waals surface area contributed by atoms with Crippen LogP contribution in [0.5, 0.6) is 0 Å². The van der Waals surface area contributed by atoms with E-state index >= 15 is 0 Å². The van der Waals surface area contributed by atoms with E-state index in [1.54, 1.807) is 4.57 Å². The average Bonchev–Trinajstić information content (AvgIpc) is 2.82. The molecule has 4 nitrogen and oxygen atoms in total. The summed E-state index contributed by atoms with van der Waals surface area (Å²) in [6.45, 7) is 2.26. The summed E-state index contributed by atoms with van der Waals surface area (Å²) in [4.78, 5) is 23.6. The van der Waals surface area contributed by atoms with Crippen LogP contribution in [0.3, 0.4) is 0 Å². The fourth-order valence-corrected chi connectivity index (χ4v) is 3.56. The molecule has 98 valence electrons. The largest absolute Gasteiger partial charge is 0.481 e. The van der Waals surface area contributed by atoms with Crippen molar-refractivity contribution in [2.24, 2.45) is 0 Å². The molecule has 0 saturated heterocycles. The fourth-order valence-electron chi connectivity index (χ4n) is 2.51. The summed E-state index contributed by atoms with van der Waals surface area (Å²) in [6, 6.07) is 6.23. The molecule has 1 aromatic heterocycles. The van der Waals surface area contributed by atoms with Gasteiger partial charge in [-0.05, 0) is 18.6 Å². The van der Waals surface area contributed by atoms with Crippen LogP contribution in [0.4, 0.5) is 0 Å². The molecule has 19 heavy (non-hydrogen) atoms. The Kier molecular flexibility index (Phi) is 2.78. The maximum Gasteiger partial charge on any atom is 0.307 e. The number of carbonyl (C=O) groups is 1. The molecule has 0 fully saturated rings. The summed E-state index contributed by atoms with van der Waals surface area (Å²) < 4.78 is 1.61. The molecule has 0 amide bonds. The first-order chi connectivity index (χ1) is 9.06. The van der Waals surface area contributed by atoms with Crippen molar-refractivity contribution in [1.29, 1.82) is 0 Å². The summed E-state index contributed by atoms with van der Waals surface area (Å²) in [7, 11) is 0. The third kappa shape index (κ3) is 2.00. The number of carboxylic acid groups (broad SMARTS) is 1. The fraction of sp³-hybridized carbons (Fsp3) is 0.286. The summed E-state index contributed by atoms with van der Waals surface area (Å²) >= 11 is 1.23. The number of aliphatic carboxylic acids is 1. The first-order valence-corrected chi connectivity index (χ1v) is 6.92. The molecule has 0 spiro atoms. The molecule has 2 aromatic rings. The molecular formula is C14H13NO3S. The zero-order valence-corrected chi connectivity index (χ0v) is 11.3. The number of rotatable bonds is 3. The molecule has 0 saturated carbocycles. The van der Waals surface area contributed by atoms with Crippen molar-refractivity contribution < 1.29 is 9.90 Å². The summed E-state index contributed by atoms with van der Waals surface area (Å²) in [5.41, 5.74) is 4.37. The lowest BCUT2D eigenvalue weighted by molar-refractivity contribution is -0.137. The van der Waals surface area contributed by atoms with Crippen molar-refractivity contribution in [2.45, 2.75) is 26.3 Å². The highest BCUT2D eigenvalue weighted by Gasteiger charge is 2.25. The molecule has 0 radical (unpaired) electrons. The number of aryl methyl sites for hydroxylation is 1. The monoisotopic (exact) mass is 275 g/mol. The lowest BCUT2D eigenvalue weighted by Gasteiger charge is -2.07. The second kappa shape index (κ2) is 4.35. The van der Waals surface area contributed by atoms with Gasteiger partial charge in [-0.1, -0.05) is 29.0 Å². The Morgan fingerprint density at radius 1 is 1.47 bits per heavy atom. The third-order valence-corrected chi connectivity index (χ3v) is 4.36. The van der Waals surface area contributed by atoms with Crippen LogP contribution < -0.4 is 4.87 Å². The molecule has 1 aliphatic carbocycles. The van der Waals surface area contributed by atoms with Crippen LogP contribution in [0.25, 0.3) is 11.3 Å². The number of benzene rings is 1.